The topological polar surface area (TPSA) is 117 Å². The first-order valence-electron chi connectivity index (χ1n) is 5.92. The molecule has 0 radical (unpaired) electrons. The summed E-state index contributed by atoms with van der Waals surface area (Å²) in [5.41, 5.74) is -0.554. The number of halogens is 1. The van der Waals surface area contributed by atoms with Gasteiger partial charge in [-0.25, -0.2) is 9.59 Å². The van der Waals surface area contributed by atoms with Gasteiger partial charge < -0.3 is 15.5 Å². The van der Waals surface area contributed by atoms with Crippen LogP contribution in [0.1, 0.15) is 31.2 Å². The average Bonchev–Trinajstić information content (AvgIpc) is 2.48. The molecule has 0 saturated carbocycles. The first-order chi connectivity index (χ1) is 10.4. The molecule has 0 aliphatic rings. The molecule has 112 valence electrons. The highest BCUT2D eigenvalue weighted by Gasteiger charge is 2.18. The van der Waals surface area contributed by atoms with E-state index in [4.69, 9.17) is 21.8 Å². The second kappa shape index (κ2) is 6.23. The van der Waals surface area contributed by atoms with Crippen LogP contribution in [0.5, 0.6) is 0 Å². The highest BCUT2D eigenvalue weighted by atomic mass is 35.5. The minimum absolute atomic E-state index is 0.0227. The van der Waals surface area contributed by atoms with Crippen LogP contribution in [0.3, 0.4) is 0 Å². The van der Waals surface area contributed by atoms with E-state index >= 15 is 0 Å². The van der Waals surface area contributed by atoms with Gasteiger partial charge in [0.05, 0.1) is 16.1 Å². The Morgan fingerprint density at radius 2 is 1.73 bits per heavy atom. The lowest BCUT2D eigenvalue weighted by Gasteiger charge is -2.08. The number of hydrogen-bond acceptors (Lipinski definition) is 4. The van der Waals surface area contributed by atoms with E-state index < -0.39 is 17.8 Å². The van der Waals surface area contributed by atoms with E-state index in [0.717, 1.165) is 0 Å². The summed E-state index contributed by atoms with van der Waals surface area (Å²) in [6, 6.07) is 6.53. The summed E-state index contributed by atoms with van der Waals surface area (Å²) in [6.45, 7) is 0. The number of carbonyl (C=O) groups is 3. The van der Waals surface area contributed by atoms with E-state index in [2.05, 4.69) is 10.3 Å². The molecule has 1 amide bonds. The van der Waals surface area contributed by atoms with E-state index in [9.17, 15) is 14.4 Å². The maximum atomic E-state index is 12.1. The standard InChI is InChI=1S/C14H9ClN2O5/c15-10-4-3-7(6-9(10)14(21)22)17-12(18)11-8(13(19)20)2-1-5-16-11/h1-6H,(H,17,18)(H,19,20)(H,21,22). The van der Waals surface area contributed by atoms with Crippen LogP contribution in [0.2, 0.25) is 5.02 Å². The normalized spacial score (nSPS) is 10.0. The van der Waals surface area contributed by atoms with Crippen molar-refractivity contribution in [2.24, 2.45) is 0 Å². The zero-order valence-corrected chi connectivity index (χ0v) is 11.7. The number of nitrogens with one attached hydrogen (secondary N) is 1. The van der Waals surface area contributed by atoms with E-state index in [0.29, 0.717) is 0 Å². The summed E-state index contributed by atoms with van der Waals surface area (Å²) >= 11 is 5.73. The van der Waals surface area contributed by atoms with Gasteiger partial charge in [0.15, 0.2) is 0 Å². The van der Waals surface area contributed by atoms with E-state index in [1.807, 2.05) is 0 Å². The van der Waals surface area contributed by atoms with Gasteiger partial charge in [-0.15, -0.1) is 0 Å². The summed E-state index contributed by atoms with van der Waals surface area (Å²) in [7, 11) is 0. The number of hydrogen-bond donors (Lipinski definition) is 3. The smallest absolute Gasteiger partial charge is 0.338 e. The number of amides is 1. The molecule has 2 aromatic rings. The van der Waals surface area contributed by atoms with Crippen molar-refractivity contribution in [3.63, 3.8) is 0 Å². The Morgan fingerprint density at radius 3 is 2.36 bits per heavy atom. The third kappa shape index (κ3) is 3.21. The molecule has 2 rings (SSSR count). The van der Waals surface area contributed by atoms with Crippen LogP contribution >= 0.6 is 11.6 Å². The minimum Gasteiger partial charge on any atom is -0.478 e. The monoisotopic (exact) mass is 320 g/mol. The van der Waals surface area contributed by atoms with Crippen LogP contribution in [-0.4, -0.2) is 33.0 Å². The molecular formula is C14H9ClN2O5. The van der Waals surface area contributed by atoms with Crippen molar-refractivity contribution in [2.45, 2.75) is 0 Å². The first kappa shape index (κ1) is 15.5. The lowest BCUT2D eigenvalue weighted by atomic mass is 10.1. The van der Waals surface area contributed by atoms with Gasteiger partial charge in [0.2, 0.25) is 0 Å². The van der Waals surface area contributed by atoms with Gasteiger partial charge in [0.1, 0.15) is 5.69 Å². The lowest BCUT2D eigenvalue weighted by molar-refractivity contribution is 0.0684. The zero-order chi connectivity index (χ0) is 16.3. The fourth-order valence-electron chi connectivity index (χ4n) is 1.72. The molecule has 0 bridgehead atoms. The summed E-state index contributed by atoms with van der Waals surface area (Å²) in [6.07, 6.45) is 1.28. The van der Waals surface area contributed by atoms with Crippen LogP contribution < -0.4 is 5.32 Å². The summed E-state index contributed by atoms with van der Waals surface area (Å²) in [4.78, 5) is 37.9. The maximum Gasteiger partial charge on any atom is 0.338 e. The molecule has 7 nitrogen and oxygen atoms in total. The summed E-state index contributed by atoms with van der Waals surface area (Å²) in [5, 5.41) is 20.4. The van der Waals surface area contributed by atoms with Crippen LogP contribution in [0.15, 0.2) is 36.5 Å². The molecule has 0 spiro atoms. The molecule has 1 aromatic heterocycles. The number of aromatic nitrogens is 1. The van der Waals surface area contributed by atoms with Gasteiger partial charge in [-0.1, -0.05) is 11.6 Å². The fourth-order valence-corrected chi connectivity index (χ4v) is 1.91. The maximum absolute atomic E-state index is 12.1. The fraction of sp³-hybridized carbons (Fsp3) is 0. The minimum atomic E-state index is -1.29. The molecule has 0 aliphatic heterocycles. The van der Waals surface area contributed by atoms with Gasteiger partial charge in [-0.2, -0.15) is 0 Å². The van der Waals surface area contributed by atoms with Crippen LogP contribution in [0.4, 0.5) is 5.69 Å². The first-order valence-corrected chi connectivity index (χ1v) is 6.30. The summed E-state index contributed by atoms with van der Waals surface area (Å²) < 4.78 is 0. The summed E-state index contributed by atoms with van der Waals surface area (Å²) in [5.74, 6) is -3.30. The quantitative estimate of drug-likeness (QED) is 0.796. The van der Waals surface area contributed by atoms with Gasteiger partial charge in [-0.05, 0) is 30.3 Å². The van der Waals surface area contributed by atoms with Gasteiger partial charge in [0, 0.05) is 11.9 Å². The molecule has 1 heterocycles. The lowest BCUT2D eigenvalue weighted by Crippen LogP contribution is -2.18. The average molecular weight is 321 g/mol. The third-order valence-corrected chi connectivity index (χ3v) is 3.04. The second-order valence-electron chi connectivity index (χ2n) is 4.16. The highest BCUT2D eigenvalue weighted by Crippen LogP contribution is 2.21. The van der Waals surface area contributed by atoms with Crippen molar-refractivity contribution in [1.29, 1.82) is 0 Å². The number of rotatable bonds is 4. The molecule has 22 heavy (non-hydrogen) atoms. The van der Waals surface area contributed by atoms with Crippen molar-refractivity contribution in [2.75, 3.05) is 5.32 Å². The molecule has 8 heteroatoms. The van der Waals surface area contributed by atoms with Crippen molar-refractivity contribution >= 4 is 35.1 Å². The van der Waals surface area contributed by atoms with Crippen LogP contribution in [0.25, 0.3) is 0 Å². The second-order valence-corrected chi connectivity index (χ2v) is 4.57. The highest BCUT2D eigenvalue weighted by molar-refractivity contribution is 6.33. The van der Waals surface area contributed by atoms with Crippen LogP contribution in [-0.2, 0) is 0 Å². The Morgan fingerprint density at radius 1 is 1.05 bits per heavy atom. The van der Waals surface area contributed by atoms with Crippen molar-refractivity contribution < 1.29 is 24.6 Å². The van der Waals surface area contributed by atoms with Crippen molar-refractivity contribution in [3.05, 3.63) is 58.4 Å². The molecule has 0 unspecified atom stereocenters. The van der Waals surface area contributed by atoms with Gasteiger partial charge in [-0.3, -0.25) is 9.78 Å². The molecule has 3 N–H and O–H groups in total. The molecule has 0 fully saturated rings. The number of benzene rings is 1. The van der Waals surface area contributed by atoms with E-state index in [1.165, 1.54) is 36.5 Å². The number of pyridine rings is 1. The number of carboxylic acid groups (broad SMARTS) is 2. The van der Waals surface area contributed by atoms with Crippen LogP contribution in [0, 0.1) is 0 Å². The number of carbonyl (C=O) groups excluding carboxylic acids is 1. The Hall–Kier alpha value is -2.93. The van der Waals surface area contributed by atoms with E-state index in [-0.39, 0.29) is 27.5 Å². The number of nitrogens with zero attached hydrogens (tertiary/aromatic N) is 1. The van der Waals surface area contributed by atoms with Crippen molar-refractivity contribution in [1.82, 2.24) is 4.98 Å². The largest absolute Gasteiger partial charge is 0.478 e. The Labute approximate surface area is 129 Å². The third-order valence-electron chi connectivity index (χ3n) is 2.71. The molecule has 0 aliphatic carbocycles. The zero-order valence-electron chi connectivity index (χ0n) is 10.9. The predicted octanol–water partition coefficient (Wildman–Crippen LogP) is 2.38. The Bertz CT molecular complexity index is 776. The number of carboxylic acids is 2. The van der Waals surface area contributed by atoms with E-state index in [1.54, 1.807) is 0 Å². The predicted molar refractivity (Wildman–Crippen MR) is 77.6 cm³/mol. The molecule has 0 saturated heterocycles. The van der Waals surface area contributed by atoms with Crippen molar-refractivity contribution in [3.8, 4) is 0 Å². The van der Waals surface area contributed by atoms with Gasteiger partial charge >= 0.3 is 11.9 Å². The van der Waals surface area contributed by atoms with Gasteiger partial charge in [0.25, 0.3) is 5.91 Å². The number of anilines is 1. The molecular weight excluding hydrogens is 312 g/mol. The molecule has 1 aromatic carbocycles. The SMILES string of the molecule is O=C(O)c1cc(NC(=O)c2ncccc2C(=O)O)ccc1Cl. The number of aromatic carboxylic acids is 2. The Balaban J connectivity index is 2.32. The Kier molecular flexibility index (Phi) is 4.38. The molecule has 0 atom stereocenters.